The van der Waals surface area contributed by atoms with Gasteiger partial charge in [0, 0.05) is 29.7 Å². The maximum atomic E-state index is 12.5. The lowest BCUT2D eigenvalue weighted by molar-refractivity contribution is -0.117. The van der Waals surface area contributed by atoms with Crippen LogP contribution in [0.25, 0.3) is 0 Å². The minimum Gasteiger partial charge on any atom is -0.497 e. The fourth-order valence-corrected chi connectivity index (χ4v) is 3.09. The molecule has 1 aliphatic carbocycles. The van der Waals surface area contributed by atoms with Crippen LogP contribution in [-0.2, 0) is 4.79 Å². The van der Waals surface area contributed by atoms with Gasteiger partial charge in [0.25, 0.3) is 0 Å². The Balaban J connectivity index is 1.35. The molecule has 1 aliphatic rings. The van der Waals surface area contributed by atoms with E-state index in [0.29, 0.717) is 5.95 Å². The van der Waals surface area contributed by atoms with E-state index in [1.807, 2.05) is 48.5 Å². The van der Waals surface area contributed by atoms with Crippen molar-refractivity contribution >= 4 is 23.2 Å². The summed E-state index contributed by atoms with van der Waals surface area (Å²) in [4.78, 5) is 20.8. The number of hydrogen-bond donors (Lipinski definition) is 2. The second-order valence-corrected chi connectivity index (χ2v) is 6.49. The highest BCUT2D eigenvalue weighted by molar-refractivity contribution is 5.95. The Hall–Kier alpha value is -3.41. The maximum Gasteiger partial charge on any atom is 0.228 e. The Kier molecular flexibility index (Phi) is 4.70. The molecule has 1 aromatic heterocycles. The van der Waals surface area contributed by atoms with Crippen molar-refractivity contribution in [2.75, 3.05) is 17.7 Å². The third-order valence-electron chi connectivity index (χ3n) is 4.62. The van der Waals surface area contributed by atoms with Crippen molar-refractivity contribution in [3.63, 3.8) is 0 Å². The number of hydrogen-bond acceptors (Lipinski definition) is 5. The van der Waals surface area contributed by atoms with E-state index in [0.717, 1.165) is 29.1 Å². The number of nitrogens with one attached hydrogen (secondary N) is 2. The predicted octanol–water partition coefficient (Wildman–Crippen LogP) is 3.97. The summed E-state index contributed by atoms with van der Waals surface area (Å²) in [6.45, 7) is 0. The first-order valence-corrected chi connectivity index (χ1v) is 8.82. The van der Waals surface area contributed by atoms with Gasteiger partial charge in [0.1, 0.15) is 5.75 Å². The second kappa shape index (κ2) is 7.45. The van der Waals surface area contributed by atoms with E-state index in [1.54, 1.807) is 25.6 Å². The van der Waals surface area contributed by atoms with Crippen molar-refractivity contribution in [1.82, 2.24) is 9.97 Å². The van der Waals surface area contributed by atoms with Crippen molar-refractivity contribution < 1.29 is 9.53 Å². The van der Waals surface area contributed by atoms with Gasteiger partial charge in [-0.1, -0.05) is 12.1 Å². The molecule has 0 unspecified atom stereocenters. The Bertz CT molecular complexity index is 928. The van der Waals surface area contributed by atoms with Gasteiger partial charge in [-0.25, -0.2) is 9.97 Å². The summed E-state index contributed by atoms with van der Waals surface area (Å²) in [6.07, 6.45) is 4.22. The van der Waals surface area contributed by atoms with Crippen molar-refractivity contribution in [3.05, 3.63) is 72.6 Å². The molecule has 2 atom stereocenters. The lowest BCUT2D eigenvalue weighted by Gasteiger charge is -2.08. The zero-order chi connectivity index (χ0) is 18.6. The zero-order valence-corrected chi connectivity index (χ0v) is 14.9. The number of carbonyl (C=O) groups excluding carboxylic acids is 1. The van der Waals surface area contributed by atoms with Crippen LogP contribution in [0.5, 0.6) is 5.75 Å². The van der Waals surface area contributed by atoms with Crippen LogP contribution in [0.3, 0.4) is 0 Å². The number of amides is 1. The van der Waals surface area contributed by atoms with Gasteiger partial charge in [-0.3, -0.25) is 4.79 Å². The van der Waals surface area contributed by atoms with Crippen molar-refractivity contribution in [1.29, 1.82) is 0 Å². The van der Waals surface area contributed by atoms with Gasteiger partial charge in [-0.15, -0.1) is 0 Å². The molecular weight excluding hydrogens is 340 g/mol. The average molecular weight is 360 g/mol. The smallest absolute Gasteiger partial charge is 0.228 e. The molecular formula is C21H20N4O2. The predicted molar refractivity (Wildman–Crippen MR) is 104 cm³/mol. The Morgan fingerprint density at radius 2 is 1.78 bits per heavy atom. The van der Waals surface area contributed by atoms with Crippen LogP contribution >= 0.6 is 0 Å². The third-order valence-corrected chi connectivity index (χ3v) is 4.62. The number of nitrogens with zero attached hydrogens (tertiary/aromatic N) is 2. The summed E-state index contributed by atoms with van der Waals surface area (Å²) in [5, 5.41) is 6.11. The number of ether oxygens (including phenoxy) is 1. The normalized spacial score (nSPS) is 17.8. The lowest BCUT2D eigenvalue weighted by Crippen LogP contribution is -2.14. The Morgan fingerprint density at radius 3 is 2.52 bits per heavy atom. The highest BCUT2D eigenvalue weighted by atomic mass is 16.5. The van der Waals surface area contributed by atoms with E-state index in [-0.39, 0.29) is 17.7 Å². The number of carbonyl (C=O) groups is 1. The van der Waals surface area contributed by atoms with E-state index < -0.39 is 0 Å². The molecule has 0 saturated heterocycles. The quantitative estimate of drug-likeness (QED) is 0.696. The summed E-state index contributed by atoms with van der Waals surface area (Å²) in [6, 6.07) is 17.2. The highest BCUT2D eigenvalue weighted by Crippen LogP contribution is 2.48. The lowest BCUT2D eigenvalue weighted by atomic mass is 10.1. The average Bonchev–Trinajstić information content (AvgIpc) is 3.51. The van der Waals surface area contributed by atoms with Gasteiger partial charge in [0.15, 0.2) is 0 Å². The third kappa shape index (κ3) is 4.06. The molecule has 6 nitrogen and oxygen atoms in total. The second-order valence-electron chi connectivity index (χ2n) is 6.49. The number of methoxy groups -OCH3 is 1. The van der Waals surface area contributed by atoms with Crippen LogP contribution in [0.2, 0.25) is 0 Å². The molecule has 0 spiro atoms. The first-order valence-electron chi connectivity index (χ1n) is 8.82. The van der Waals surface area contributed by atoms with Crippen molar-refractivity contribution in [2.24, 2.45) is 5.92 Å². The Morgan fingerprint density at radius 1 is 1.04 bits per heavy atom. The maximum absolute atomic E-state index is 12.5. The van der Waals surface area contributed by atoms with Crippen LogP contribution in [0.4, 0.5) is 17.3 Å². The molecule has 136 valence electrons. The molecule has 2 aromatic carbocycles. The van der Waals surface area contributed by atoms with Crippen LogP contribution in [0.15, 0.2) is 67.0 Å². The molecule has 4 rings (SSSR count). The summed E-state index contributed by atoms with van der Waals surface area (Å²) in [5.74, 6) is 1.68. The van der Waals surface area contributed by atoms with E-state index in [4.69, 9.17) is 4.74 Å². The van der Waals surface area contributed by atoms with Gasteiger partial charge >= 0.3 is 0 Å². The summed E-state index contributed by atoms with van der Waals surface area (Å²) < 4.78 is 5.26. The van der Waals surface area contributed by atoms with Gasteiger partial charge in [0.2, 0.25) is 11.9 Å². The molecule has 27 heavy (non-hydrogen) atoms. The van der Waals surface area contributed by atoms with Crippen LogP contribution in [0, 0.1) is 5.92 Å². The van der Waals surface area contributed by atoms with E-state index >= 15 is 0 Å². The molecule has 1 amide bonds. The highest BCUT2D eigenvalue weighted by Gasteiger charge is 2.44. The van der Waals surface area contributed by atoms with Crippen LogP contribution in [0.1, 0.15) is 17.9 Å². The van der Waals surface area contributed by atoms with Crippen LogP contribution < -0.4 is 15.4 Å². The summed E-state index contributed by atoms with van der Waals surface area (Å²) in [5.41, 5.74) is 2.78. The van der Waals surface area contributed by atoms with Gasteiger partial charge < -0.3 is 15.4 Å². The van der Waals surface area contributed by atoms with E-state index in [2.05, 4.69) is 20.6 Å². The van der Waals surface area contributed by atoms with Crippen molar-refractivity contribution in [2.45, 2.75) is 12.3 Å². The van der Waals surface area contributed by atoms with Gasteiger partial charge in [-0.2, -0.15) is 0 Å². The molecule has 0 radical (unpaired) electrons. The minimum atomic E-state index is 0.00706. The molecule has 0 bridgehead atoms. The Labute approximate surface area is 157 Å². The van der Waals surface area contributed by atoms with Gasteiger partial charge in [-0.05, 0) is 60.4 Å². The molecule has 3 aromatic rings. The monoisotopic (exact) mass is 360 g/mol. The molecule has 2 N–H and O–H groups in total. The molecule has 1 saturated carbocycles. The minimum absolute atomic E-state index is 0.00706. The number of anilines is 3. The van der Waals surface area contributed by atoms with E-state index in [9.17, 15) is 4.79 Å². The standard InChI is InChI=1S/C21H20N4O2/c1-27-17-5-2-4-14(12-17)18-13-19(18)20(26)24-15-6-8-16(9-7-15)25-21-22-10-3-11-23-21/h2-12,18-19H,13H2,1H3,(H,24,26)(H,22,23,25)/t18-,19+/m0/s1. The van der Waals surface area contributed by atoms with Gasteiger partial charge in [0.05, 0.1) is 7.11 Å². The summed E-state index contributed by atoms with van der Waals surface area (Å²) in [7, 11) is 1.65. The fraction of sp³-hybridized carbons (Fsp3) is 0.190. The van der Waals surface area contributed by atoms with E-state index in [1.165, 1.54) is 0 Å². The number of benzene rings is 2. The number of aromatic nitrogens is 2. The van der Waals surface area contributed by atoms with Crippen LogP contribution in [-0.4, -0.2) is 23.0 Å². The molecule has 1 fully saturated rings. The first kappa shape index (κ1) is 17.0. The zero-order valence-electron chi connectivity index (χ0n) is 14.9. The molecule has 0 aliphatic heterocycles. The topological polar surface area (TPSA) is 76.1 Å². The SMILES string of the molecule is COc1cccc([C@@H]2C[C@H]2C(=O)Nc2ccc(Nc3ncccn3)cc2)c1. The molecule has 1 heterocycles. The molecule has 6 heteroatoms. The largest absolute Gasteiger partial charge is 0.497 e. The van der Waals surface area contributed by atoms with Crippen molar-refractivity contribution in [3.8, 4) is 5.75 Å². The number of rotatable bonds is 6. The summed E-state index contributed by atoms with van der Waals surface area (Å²) >= 11 is 0. The fourth-order valence-electron chi connectivity index (χ4n) is 3.09. The first-order chi connectivity index (χ1) is 13.2.